The molecular weight excluding hydrogens is 199 g/mol. The third-order valence-electron chi connectivity index (χ3n) is 2.68. The van der Waals surface area contributed by atoms with Crippen LogP contribution in [0.4, 0.5) is 0 Å². The molecule has 0 saturated carbocycles. The number of benzene rings is 2. The van der Waals surface area contributed by atoms with Gasteiger partial charge in [-0.25, -0.2) is 0 Å². The average Bonchev–Trinajstić information content (AvgIpc) is 2.82. The first-order valence-corrected chi connectivity index (χ1v) is 6.14. The van der Waals surface area contributed by atoms with Gasteiger partial charge in [0.05, 0.1) is 0 Å². The van der Waals surface area contributed by atoms with Crippen LogP contribution in [0.25, 0.3) is 21.6 Å². The van der Waals surface area contributed by atoms with Crippen LogP contribution in [0.1, 0.15) is 0 Å². The summed E-state index contributed by atoms with van der Waals surface area (Å²) in [6, 6.07) is 19.5. The zero-order valence-corrected chi connectivity index (χ0v) is 9.27. The fraction of sp³-hybridized carbons (Fsp3) is 0. The van der Waals surface area contributed by atoms with Crippen molar-refractivity contribution in [2.24, 2.45) is 0 Å². The molecule has 0 aliphatic carbocycles. The van der Waals surface area contributed by atoms with E-state index in [0.29, 0.717) is 0 Å². The molecule has 0 fully saturated rings. The maximum Gasteiger partial charge on any atom is -0.00121 e. The molecule has 0 nitrogen and oxygen atoms in total. The molecular formula is C14H11P. The molecule has 1 atom stereocenters. The molecule has 0 spiro atoms. The average molecular weight is 210 g/mol. The first-order valence-electron chi connectivity index (χ1n) is 5.07. The number of rotatable bonds is 1. The standard InChI is InChI=1S/C14H11P/c1-2-7-12-11(5-1)6-3-8-13(12)14-9-4-10-15-14/h1-10,15H. The third kappa shape index (κ3) is 1.48. The highest BCUT2D eigenvalue weighted by atomic mass is 31.0. The van der Waals surface area contributed by atoms with Gasteiger partial charge in [0, 0.05) is 0 Å². The Morgan fingerprint density at radius 3 is 2.47 bits per heavy atom. The lowest BCUT2D eigenvalue weighted by Crippen LogP contribution is -1.76. The molecule has 3 rings (SSSR count). The third-order valence-corrected chi connectivity index (χ3v) is 3.78. The molecule has 1 heteroatoms. The molecule has 0 aliphatic rings. The van der Waals surface area contributed by atoms with E-state index >= 15 is 0 Å². The Hall–Kier alpha value is -1.52. The van der Waals surface area contributed by atoms with Crippen LogP contribution >= 0.6 is 8.19 Å². The second-order valence-corrected chi connectivity index (χ2v) is 4.77. The van der Waals surface area contributed by atoms with Crippen LogP contribution in [0.3, 0.4) is 0 Å². The minimum absolute atomic E-state index is 0.821. The highest BCUT2D eigenvalue weighted by Gasteiger charge is 2.01. The molecule has 72 valence electrons. The van der Waals surface area contributed by atoms with Crippen molar-refractivity contribution < 1.29 is 0 Å². The largest absolute Gasteiger partial charge is 0.132 e. The van der Waals surface area contributed by atoms with Crippen molar-refractivity contribution in [2.45, 2.75) is 0 Å². The number of hydrogen-bond acceptors (Lipinski definition) is 0. The van der Waals surface area contributed by atoms with Gasteiger partial charge in [-0.1, -0.05) is 54.6 Å². The van der Waals surface area contributed by atoms with E-state index in [1.54, 1.807) is 0 Å². The fourth-order valence-corrected chi connectivity index (χ4v) is 2.90. The van der Waals surface area contributed by atoms with Gasteiger partial charge in [0.25, 0.3) is 0 Å². The van der Waals surface area contributed by atoms with Gasteiger partial charge in [0.2, 0.25) is 0 Å². The predicted octanol–water partition coefficient (Wildman–Crippen LogP) is 4.54. The lowest BCUT2D eigenvalue weighted by atomic mass is 10.0. The summed E-state index contributed by atoms with van der Waals surface area (Å²) in [5, 5.41) is 4.14. The van der Waals surface area contributed by atoms with Gasteiger partial charge < -0.3 is 0 Å². The zero-order chi connectivity index (χ0) is 10.1. The van der Waals surface area contributed by atoms with Crippen LogP contribution in [-0.2, 0) is 0 Å². The molecule has 1 heterocycles. The van der Waals surface area contributed by atoms with Crippen LogP contribution in [0.15, 0.2) is 60.4 Å². The Labute approximate surface area is 90.7 Å². The van der Waals surface area contributed by atoms with E-state index in [-0.39, 0.29) is 0 Å². The SMILES string of the molecule is c1c[pH]c(-c2cccc3ccccc23)c1. The minimum atomic E-state index is 0.821. The molecule has 1 aromatic heterocycles. The van der Waals surface area contributed by atoms with Gasteiger partial charge >= 0.3 is 0 Å². The second kappa shape index (κ2) is 3.56. The van der Waals surface area contributed by atoms with E-state index in [2.05, 4.69) is 60.4 Å². The van der Waals surface area contributed by atoms with E-state index in [1.807, 2.05) is 0 Å². The molecule has 3 aromatic rings. The van der Waals surface area contributed by atoms with Crippen molar-refractivity contribution >= 4 is 19.0 Å². The molecule has 0 aliphatic heterocycles. The first kappa shape index (κ1) is 8.76. The van der Waals surface area contributed by atoms with Crippen molar-refractivity contribution in [3.63, 3.8) is 0 Å². The quantitative estimate of drug-likeness (QED) is 0.553. The van der Waals surface area contributed by atoms with Crippen LogP contribution in [-0.4, -0.2) is 0 Å². The van der Waals surface area contributed by atoms with E-state index in [1.165, 1.54) is 21.6 Å². The lowest BCUT2D eigenvalue weighted by Gasteiger charge is -2.04. The molecule has 0 N–H and O–H groups in total. The second-order valence-electron chi connectivity index (χ2n) is 3.61. The van der Waals surface area contributed by atoms with Crippen molar-refractivity contribution in [1.29, 1.82) is 0 Å². The zero-order valence-electron chi connectivity index (χ0n) is 8.27. The maximum absolute atomic E-state index is 2.23. The lowest BCUT2D eigenvalue weighted by molar-refractivity contribution is 1.74. The molecule has 0 bridgehead atoms. The van der Waals surface area contributed by atoms with Gasteiger partial charge in [-0.15, -0.1) is 8.19 Å². The molecule has 0 saturated heterocycles. The number of hydrogen-bond donors (Lipinski definition) is 0. The van der Waals surface area contributed by atoms with E-state index in [4.69, 9.17) is 0 Å². The van der Waals surface area contributed by atoms with Gasteiger partial charge in [-0.05, 0) is 27.4 Å². The normalized spacial score (nSPS) is 11.2. The minimum Gasteiger partial charge on any atom is -0.132 e. The molecule has 1 unspecified atom stereocenters. The Balaban J connectivity index is 2.36. The van der Waals surface area contributed by atoms with Crippen molar-refractivity contribution in [2.75, 3.05) is 0 Å². The van der Waals surface area contributed by atoms with Crippen LogP contribution < -0.4 is 0 Å². The van der Waals surface area contributed by atoms with Crippen LogP contribution in [0.2, 0.25) is 0 Å². The Morgan fingerprint density at radius 2 is 1.60 bits per heavy atom. The maximum atomic E-state index is 2.23. The smallest absolute Gasteiger partial charge is 0.00121 e. The predicted molar refractivity (Wildman–Crippen MR) is 68.9 cm³/mol. The summed E-state index contributed by atoms with van der Waals surface area (Å²) in [7, 11) is 0.821. The van der Waals surface area contributed by atoms with E-state index < -0.39 is 0 Å². The van der Waals surface area contributed by atoms with Crippen LogP contribution in [0, 0.1) is 0 Å². The summed E-state index contributed by atoms with van der Waals surface area (Å²) in [6.45, 7) is 0. The molecule has 0 amide bonds. The van der Waals surface area contributed by atoms with Gasteiger partial charge in [-0.2, -0.15) is 0 Å². The highest BCUT2D eigenvalue weighted by Crippen LogP contribution is 2.33. The summed E-state index contributed by atoms with van der Waals surface area (Å²) >= 11 is 0. The van der Waals surface area contributed by atoms with Gasteiger partial charge in [0.1, 0.15) is 0 Å². The van der Waals surface area contributed by atoms with Crippen molar-refractivity contribution in [3.05, 3.63) is 60.4 Å². The fourth-order valence-electron chi connectivity index (χ4n) is 1.96. The van der Waals surface area contributed by atoms with E-state index in [0.717, 1.165) is 8.19 Å². The molecule has 0 radical (unpaired) electrons. The summed E-state index contributed by atoms with van der Waals surface area (Å²) < 4.78 is 0. The van der Waals surface area contributed by atoms with Gasteiger partial charge in [0.15, 0.2) is 0 Å². The summed E-state index contributed by atoms with van der Waals surface area (Å²) in [5.74, 6) is 2.23. The number of fused-ring (bicyclic) bond motifs is 1. The van der Waals surface area contributed by atoms with Crippen LogP contribution in [0.5, 0.6) is 0 Å². The molecule has 2 aromatic carbocycles. The topological polar surface area (TPSA) is 0 Å². The Morgan fingerprint density at radius 1 is 0.733 bits per heavy atom. The summed E-state index contributed by atoms with van der Waals surface area (Å²) in [4.78, 5) is 0. The van der Waals surface area contributed by atoms with E-state index in [9.17, 15) is 0 Å². The van der Waals surface area contributed by atoms with Crippen molar-refractivity contribution in [1.82, 2.24) is 0 Å². The highest BCUT2D eigenvalue weighted by molar-refractivity contribution is 7.33. The Kier molecular flexibility index (Phi) is 2.08. The molecule has 15 heavy (non-hydrogen) atoms. The summed E-state index contributed by atoms with van der Waals surface area (Å²) in [6.07, 6.45) is 0. The van der Waals surface area contributed by atoms with Gasteiger partial charge in [-0.3, -0.25) is 0 Å². The van der Waals surface area contributed by atoms with Crippen molar-refractivity contribution in [3.8, 4) is 10.9 Å². The summed E-state index contributed by atoms with van der Waals surface area (Å²) in [5.41, 5.74) is 1.39. The Bertz CT molecular complexity index is 574. The first-order chi connectivity index (χ1) is 7.45. The monoisotopic (exact) mass is 210 g/mol.